The summed E-state index contributed by atoms with van der Waals surface area (Å²) in [5, 5.41) is 10.6. The Morgan fingerprint density at radius 1 is 1.48 bits per heavy atom. The second-order valence-electron chi connectivity index (χ2n) is 4.46. The Labute approximate surface area is 132 Å². The Morgan fingerprint density at radius 3 is 2.95 bits per heavy atom. The minimum absolute atomic E-state index is 0.0327. The fourth-order valence-corrected chi connectivity index (χ4v) is 3.40. The molecule has 0 fully saturated rings. The van der Waals surface area contributed by atoms with Crippen LogP contribution in [0.4, 0.5) is 0 Å². The minimum atomic E-state index is -0.0360. The average Bonchev–Trinajstić information content (AvgIpc) is 3.08. The Kier molecular flexibility index (Phi) is 5.51. The Bertz CT molecular complexity index is 679. The molecule has 2 heterocycles. The second kappa shape index (κ2) is 7.36. The summed E-state index contributed by atoms with van der Waals surface area (Å²) in [5.41, 5.74) is 3.49. The van der Waals surface area contributed by atoms with Gasteiger partial charge in [-0.1, -0.05) is 11.8 Å². The van der Waals surface area contributed by atoms with Crippen molar-refractivity contribution in [2.45, 2.75) is 19.9 Å². The van der Waals surface area contributed by atoms with Gasteiger partial charge >= 0.3 is 0 Å². The van der Waals surface area contributed by atoms with E-state index in [-0.39, 0.29) is 12.5 Å². The Balaban J connectivity index is 2.12. The van der Waals surface area contributed by atoms with Gasteiger partial charge in [0.15, 0.2) is 0 Å². The Hall–Kier alpha value is -1.68. The van der Waals surface area contributed by atoms with Gasteiger partial charge in [0.25, 0.3) is 5.91 Å². The van der Waals surface area contributed by atoms with E-state index in [0.717, 1.165) is 16.1 Å². The molecule has 2 aromatic heterocycles. The lowest BCUT2D eigenvalue weighted by atomic mass is 10.2. The summed E-state index contributed by atoms with van der Waals surface area (Å²) in [4.78, 5) is 20.1. The second-order valence-corrected chi connectivity index (χ2v) is 6.32. The molecule has 0 saturated carbocycles. The molecule has 6 heteroatoms. The number of carbonyl (C=O) groups excluding carboxylic acids is 1. The van der Waals surface area contributed by atoms with E-state index in [1.54, 1.807) is 28.8 Å². The maximum atomic E-state index is 12.5. The van der Waals surface area contributed by atoms with Crippen LogP contribution in [0.3, 0.4) is 0 Å². The quantitative estimate of drug-likeness (QED) is 0.881. The van der Waals surface area contributed by atoms with Crippen molar-refractivity contribution in [2.75, 3.05) is 13.7 Å². The fourth-order valence-electron chi connectivity index (χ4n) is 1.73. The standard InChI is InChI=1S/C15H16N2O2S2/c1-11-13(21-10-16-11)9-17(2)15(19)14-12(6-8-20-14)5-3-4-7-18/h6,8,10,18H,4,7,9H2,1-2H3. The van der Waals surface area contributed by atoms with Crippen molar-refractivity contribution in [3.63, 3.8) is 0 Å². The molecule has 2 aromatic rings. The first-order valence-electron chi connectivity index (χ1n) is 6.45. The van der Waals surface area contributed by atoms with Crippen molar-refractivity contribution >= 4 is 28.6 Å². The third kappa shape index (κ3) is 3.91. The molecule has 1 amide bonds. The first kappa shape index (κ1) is 15.7. The van der Waals surface area contributed by atoms with Gasteiger partial charge in [-0.3, -0.25) is 4.79 Å². The molecule has 2 rings (SSSR count). The molecule has 4 nitrogen and oxygen atoms in total. The highest BCUT2D eigenvalue weighted by molar-refractivity contribution is 7.12. The number of aliphatic hydroxyl groups excluding tert-OH is 1. The number of nitrogens with zero attached hydrogens (tertiary/aromatic N) is 2. The number of aryl methyl sites for hydroxylation is 1. The predicted octanol–water partition coefficient (Wildman–Crippen LogP) is 2.52. The van der Waals surface area contributed by atoms with Crippen LogP contribution in [-0.2, 0) is 6.54 Å². The molecule has 110 valence electrons. The zero-order valence-corrected chi connectivity index (χ0v) is 13.6. The lowest BCUT2D eigenvalue weighted by molar-refractivity contribution is 0.0791. The summed E-state index contributed by atoms with van der Waals surface area (Å²) in [6, 6.07) is 1.84. The van der Waals surface area contributed by atoms with Gasteiger partial charge < -0.3 is 10.0 Å². The molecule has 0 spiro atoms. The van der Waals surface area contributed by atoms with E-state index in [4.69, 9.17) is 5.11 Å². The molecule has 0 aromatic carbocycles. The van der Waals surface area contributed by atoms with Crippen LogP contribution in [0.15, 0.2) is 17.0 Å². The number of aromatic nitrogens is 1. The molecular weight excluding hydrogens is 304 g/mol. The monoisotopic (exact) mass is 320 g/mol. The SMILES string of the molecule is Cc1ncsc1CN(C)C(=O)c1sccc1C#CCCO. The van der Waals surface area contributed by atoms with Crippen molar-refractivity contribution in [2.24, 2.45) is 0 Å². The van der Waals surface area contributed by atoms with Crippen LogP contribution in [0, 0.1) is 18.8 Å². The van der Waals surface area contributed by atoms with Crippen molar-refractivity contribution in [1.82, 2.24) is 9.88 Å². The van der Waals surface area contributed by atoms with Crippen LogP contribution < -0.4 is 0 Å². The highest BCUT2D eigenvalue weighted by Gasteiger charge is 2.18. The van der Waals surface area contributed by atoms with Crippen molar-refractivity contribution in [3.05, 3.63) is 38.0 Å². The van der Waals surface area contributed by atoms with Crippen LogP contribution >= 0.6 is 22.7 Å². The first-order valence-corrected chi connectivity index (χ1v) is 8.21. The van der Waals surface area contributed by atoms with Crippen LogP contribution in [0.1, 0.15) is 32.2 Å². The lowest BCUT2D eigenvalue weighted by Crippen LogP contribution is -2.25. The van der Waals surface area contributed by atoms with Gasteiger partial charge in [0.2, 0.25) is 0 Å². The van der Waals surface area contributed by atoms with Gasteiger partial charge in [0.1, 0.15) is 4.88 Å². The van der Waals surface area contributed by atoms with Gasteiger partial charge in [0.05, 0.1) is 24.4 Å². The van der Waals surface area contributed by atoms with Crippen LogP contribution in [-0.4, -0.2) is 34.6 Å². The largest absolute Gasteiger partial charge is 0.395 e. The van der Waals surface area contributed by atoms with Crippen molar-refractivity contribution in [3.8, 4) is 11.8 Å². The summed E-state index contributed by atoms with van der Waals surface area (Å²) >= 11 is 2.95. The summed E-state index contributed by atoms with van der Waals surface area (Å²) in [6.45, 7) is 2.53. The zero-order valence-electron chi connectivity index (χ0n) is 11.9. The first-order chi connectivity index (χ1) is 10.1. The average molecular weight is 320 g/mol. The molecule has 0 bridgehead atoms. The molecule has 0 aliphatic heterocycles. The summed E-state index contributed by atoms with van der Waals surface area (Å²) in [7, 11) is 1.78. The van der Waals surface area contributed by atoms with E-state index < -0.39 is 0 Å². The van der Waals surface area contributed by atoms with Crippen molar-refractivity contribution < 1.29 is 9.90 Å². The number of hydrogen-bond acceptors (Lipinski definition) is 5. The fraction of sp³-hybridized carbons (Fsp3) is 0.333. The maximum Gasteiger partial charge on any atom is 0.265 e. The Morgan fingerprint density at radius 2 is 2.29 bits per heavy atom. The van der Waals surface area contributed by atoms with Crippen LogP contribution in [0.25, 0.3) is 0 Å². The lowest BCUT2D eigenvalue weighted by Gasteiger charge is -2.15. The smallest absolute Gasteiger partial charge is 0.265 e. The zero-order chi connectivity index (χ0) is 15.2. The minimum Gasteiger partial charge on any atom is -0.395 e. The van der Waals surface area contributed by atoms with Gasteiger partial charge in [-0.2, -0.15) is 0 Å². The van der Waals surface area contributed by atoms with Gasteiger partial charge in [-0.05, 0) is 18.4 Å². The van der Waals surface area contributed by atoms with E-state index in [9.17, 15) is 4.79 Å². The van der Waals surface area contributed by atoms with Crippen LogP contribution in [0.2, 0.25) is 0 Å². The number of thiazole rings is 1. The third-order valence-electron chi connectivity index (χ3n) is 2.89. The van der Waals surface area contributed by atoms with Crippen molar-refractivity contribution in [1.29, 1.82) is 0 Å². The molecule has 1 N–H and O–H groups in total. The summed E-state index contributed by atoms with van der Waals surface area (Å²) in [5.74, 6) is 5.76. The molecule has 0 atom stereocenters. The summed E-state index contributed by atoms with van der Waals surface area (Å²) < 4.78 is 0. The molecule has 0 aliphatic rings. The number of hydrogen-bond donors (Lipinski definition) is 1. The number of carbonyl (C=O) groups is 1. The van der Waals surface area contributed by atoms with Gasteiger partial charge in [-0.15, -0.1) is 22.7 Å². The molecule has 0 unspecified atom stereocenters. The van der Waals surface area contributed by atoms with Crippen LogP contribution in [0.5, 0.6) is 0 Å². The molecular formula is C15H16N2O2S2. The maximum absolute atomic E-state index is 12.5. The van der Waals surface area contributed by atoms with E-state index in [0.29, 0.717) is 17.8 Å². The van der Waals surface area contributed by atoms with E-state index in [2.05, 4.69) is 16.8 Å². The number of aliphatic hydroxyl groups is 1. The highest BCUT2D eigenvalue weighted by atomic mass is 32.1. The molecule has 0 aliphatic carbocycles. The summed E-state index contributed by atoms with van der Waals surface area (Å²) in [6.07, 6.45) is 0.416. The molecule has 0 saturated heterocycles. The van der Waals surface area contributed by atoms with E-state index >= 15 is 0 Å². The molecule has 0 radical (unpaired) electrons. The van der Waals surface area contributed by atoms with E-state index in [1.165, 1.54) is 11.3 Å². The topological polar surface area (TPSA) is 53.4 Å². The number of thiophene rings is 1. The third-order valence-corrected chi connectivity index (χ3v) is 4.71. The molecule has 21 heavy (non-hydrogen) atoms. The van der Waals surface area contributed by atoms with E-state index in [1.807, 2.05) is 18.4 Å². The number of rotatable bonds is 4. The van der Waals surface area contributed by atoms with Gasteiger partial charge in [0, 0.05) is 23.9 Å². The van der Waals surface area contributed by atoms with Gasteiger partial charge in [-0.25, -0.2) is 4.98 Å². The number of amides is 1. The predicted molar refractivity (Wildman–Crippen MR) is 85.5 cm³/mol. The highest BCUT2D eigenvalue weighted by Crippen LogP contribution is 2.20. The normalized spacial score (nSPS) is 10.0.